The van der Waals surface area contributed by atoms with Gasteiger partial charge in [0.1, 0.15) is 22.9 Å². The molecule has 14 heteroatoms. The molecule has 0 aliphatic heterocycles. The largest absolute Gasteiger partial charge is 0.494 e. The van der Waals surface area contributed by atoms with Crippen LogP contribution in [0.15, 0.2) is 152 Å². The number of benzene rings is 6. The highest BCUT2D eigenvalue weighted by molar-refractivity contribution is 7.89. The molecular formula is C50H46N4O8S2. The van der Waals surface area contributed by atoms with Gasteiger partial charge >= 0.3 is 0 Å². The molecule has 0 saturated heterocycles. The average molecular weight is 895 g/mol. The van der Waals surface area contributed by atoms with Crippen molar-refractivity contribution in [2.24, 2.45) is 0 Å². The summed E-state index contributed by atoms with van der Waals surface area (Å²) in [6.07, 6.45) is 3.03. The molecule has 0 aliphatic carbocycles. The van der Waals surface area contributed by atoms with E-state index >= 15 is 0 Å². The molecule has 12 nitrogen and oxygen atoms in total. The molecule has 4 N–H and O–H groups in total. The van der Waals surface area contributed by atoms with E-state index in [4.69, 9.17) is 9.47 Å². The molecule has 2 aromatic heterocycles. The SMILES string of the molecule is CS(=O)(=O)NC(=O)c1[nH]c2ccccc2c1CCCOc1ccc(-c2cccc(CS(=O)(=O)NC(=O)c3[nH]c4ccccc4c3CCCOc3cccc(-c4ccccc4)c3)c2)cc1. The minimum atomic E-state index is -4.10. The Balaban J connectivity index is 0.865. The number of ether oxygens (including phenoxy) is 2. The Morgan fingerprint density at radius 2 is 1.02 bits per heavy atom. The van der Waals surface area contributed by atoms with Gasteiger partial charge in [0.25, 0.3) is 11.8 Å². The lowest BCUT2D eigenvalue weighted by atomic mass is 10.0. The van der Waals surface area contributed by atoms with Crippen LogP contribution in [0.25, 0.3) is 44.1 Å². The van der Waals surface area contributed by atoms with Crippen molar-refractivity contribution in [3.05, 3.63) is 180 Å². The highest BCUT2D eigenvalue weighted by atomic mass is 32.2. The lowest BCUT2D eigenvalue weighted by Gasteiger charge is -2.11. The number of carbonyl (C=O) groups excluding carboxylic acids is 2. The number of sulfonamides is 2. The van der Waals surface area contributed by atoms with Gasteiger partial charge in [0.15, 0.2) is 0 Å². The van der Waals surface area contributed by atoms with Crippen molar-refractivity contribution in [1.29, 1.82) is 0 Å². The van der Waals surface area contributed by atoms with Crippen LogP contribution in [0.3, 0.4) is 0 Å². The van der Waals surface area contributed by atoms with E-state index in [0.717, 1.165) is 61.6 Å². The third-order valence-electron chi connectivity index (χ3n) is 10.7. The van der Waals surface area contributed by atoms with Crippen molar-refractivity contribution in [1.82, 2.24) is 19.4 Å². The zero-order valence-electron chi connectivity index (χ0n) is 35.0. The molecule has 0 unspecified atom stereocenters. The summed E-state index contributed by atoms with van der Waals surface area (Å²) in [4.78, 5) is 32.7. The monoisotopic (exact) mass is 894 g/mol. The van der Waals surface area contributed by atoms with Crippen molar-refractivity contribution in [2.75, 3.05) is 19.5 Å². The van der Waals surface area contributed by atoms with Crippen molar-refractivity contribution >= 4 is 53.7 Å². The van der Waals surface area contributed by atoms with E-state index < -0.39 is 37.6 Å². The van der Waals surface area contributed by atoms with Gasteiger partial charge in [-0.2, -0.15) is 0 Å². The number of nitrogens with one attached hydrogen (secondary N) is 4. The zero-order chi connectivity index (χ0) is 44.7. The maximum atomic E-state index is 13.7. The predicted octanol–water partition coefficient (Wildman–Crippen LogP) is 8.96. The van der Waals surface area contributed by atoms with Crippen LogP contribution < -0.4 is 18.9 Å². The van der Waals surface area contributed by atoms with Crippen LogP contribution in [0.4, 0.5) is 0 Å². The second-order valence-electron chi connectivity index (χ2n) is 15.5. The highest BCUT2D eigenvalue weighted by Crippen LogP contribution is 2.29. The lowest BCUT2D eigenvalue weighted by Crippen LogP contribution is -2.32. The van der Waals surface area contributed by atoms with Gasteiger partial charge in [-0.15, -0.1) is 0 Å². The number of hydrogen-bond acceptors (Lipinski definition) is 8. The predicted molar refractivity (Wildman–Crippen MR) is 250 cm³/mol. The van der Waals surface area contributed by atoms with Crippen molar-refractivity contribution < 1.29 is 35.9 Å². The zero-order valence-corrected chi connectivity index (χ0v) is 36.6. The standard InChI is InChI=1S/C50H46N4O8S2/c1-63(57,58)53-49(55)47-43(41-19-5-7-23-45(41)51-47)21-11-29-61-39-27-25-36(26-28-39)37-16-9-13-34(31-37)33-64(59,60)54-50(56)48-44(42-20-6-8-24-46(42)52-48)22-12-30-62-40-18-10-17-38(32-40)35-14-3-2-4-15-35/h2-10,13-20,23-28,31-32,51-52H,11-12,21-22,29-30,33H2,1H3,(H,53,55)(H,54,56). The molecule has 0 radical (unpaired) electrons. The van der Waals surface area contributed by atoms with Gasteiger partial charge in [0.05, 0.1) is 25.2 Å². The number of amides is 2. The molecule has 0 atom stereocenters. The minimum absolute atomic E-state index is 0.201. The number of aromatic nitrogens is 2. The van der Waals surface area contributed by atoms with Crippen molar-refractivity contribution in [3.63, 3.8) is 0 Å². The minimum Gasteiger partial charge on any atom is -0.494 e. The average Bonchev–Trinajstić information content (AvgIpc) is 3.85. The summed E-state index contributed by atoms with van der Waals surface area (Å²) in [5.74, 6) is -0.491. The van der Waals surface area contributed by atoms with Crippen molar-refractivity contribution in [2.45, 2.75) is 31.4 Å². The number of carbonyl (C=O) groups is 2. The van der Waals surface area contributed by atoms with E-state index in [1.807, 2.05) is 138 Å². The molecule has 0 saturated carbocycles. The maximum absolute atomic E-state index is 13.7. The fourth-order valence-electron chi connectivity index (χ4n) is 7.83. The van der Waals surface area contributed by atoms with Crippen LogP contribution in [-0.4, -0.2) is 58.1 Å². The molecule has 6 aromatic carbocycles. The summed E-state index contributed by atoms with van der Waals surface area (Å²) >= 11 is 0. The van der Waals surface area contributed by atoms with Crippen LogP contribution in [0, 0.1) is 0 Å². The second-order valence-corrected chi connectivity index (χ2v) is 18.9. The number of rotatable bonds is 18. The van der Waals surface area contributed by atoms with E-state index in [2.05, 4.69) is 14.7 Å². The molecule has 0 bridgehead atoms. The Morgan fingerprint density at radius 1 is 0.516 bits per heavy atom. The summed E-state index contributed by atoms with van der Waals surface area (Å²) in [7, 11) is -7.85. The molecule has 326 valence electrons. The van der Waals surface area contributed by atoms with Crippen LogP contribution in [0.5, 0.6) is 11.5 Å². The number of aryl methyl sites for hydroxylation is 2. The highest BCUT2D eigenvalue weighted by Gasteiger charge is 2.23. The van der Waals surface area contributed by atoms with E-state index in [9.17, 15) is 26.4 Å². The second kappa shape index (κ2) is 19.1. The van der Waals surface area contributed by atoms with E-state index in [-0.39, 0.29) is 11.4 Å². The first-order chi connectivity index (χ1) is 30.9. The number of hydrogen-bond donors (Lipinski definition) is 4. The van der Waals surface area contributed by atoms with Crippen LogP contribution in [-0.2, 0) is 38.6 Å². The lowest BCUT2D eigenvalue weighted by molar-refractivity contribution is 0.0967. The van der Waals surface area contributed by atoms with Gasteiger partial charge in [-0.05, 0) is 101 Å². The quantitative estimate of drug-likeness (QED) is 0.0617. The van der Waals surface area contributed by atoms with Crippen molar-refractivity contribution in [3.8, 4) is 33.8 Å². The van der Waals surface area contributed by atoms with Gasteiger partial charge in [-0.1, -0.05) is 115 Å². The number of fused-ring (bicyclic) bond motifs is 2. The van der Waals surface area contributed by atoms with Gasteiger partial charge < -0.3 is 19.4 Å². The van der Waals surface area contributed by atoms with E-state index in [0.29, 0.717) is 55.8 Å². The van der Waals surface area contributed by atoms with Crippen LogP contribution in [0.2, 0.25) is 0 Å². The number of aromatic amines is 2. The Morgan fingerprint density at radius 3 is 1.62 bits per heavy atom. The Bertz CT molecular complexity index is 3180. The fourth-order valence-corrected chi connectivity index (χ4v) is 9.35. The summed E-state index contributed by atoms with van der Waals surface area (Å²) in [5, 5.41) is 1.68. The Hall–Kier alpha value is -7.16. The van der Waals surface area contributed by atoms with E-state index in [1.54, 1.807) is 18.2 Å². The molecule has 0 fully saturated rings. The van der Waals surface area contributed by atoms with Gasteiger partial charge in [0, 0.05) is 21.8 Å². The molecule has 64 heavy (non-hydrogen) atoms. The van der Waals surface area contributed by atoms with Gasteiger partial charge in [-0.3, -0.25) is 9.59 Å². The van der Waals surface area contributed by atoms with E-state index in [1.165, 1.54) is 0 Å². The summed E-state index contributed by atoms with van der Waals surface area (Å²) < 4.78 is 66.9. The summed E-state index contributed by atoms with van der Waals surface area (Å²) in [6, 6.07) is 47.4. The topological polar surface area (TPSA) is 177 Å². The number of para-hydroxylation sites is 2. The first-order valence-corrected chi connectivity index (χ1v) is 24.3. The van der Waals surface area contributed by atoms with Gasteiger partial charge in [0.2, 0.25) is 20.0 Å². The fraction of sp³-hybridized carbons (Fsp3) is 0.160. The van der Waals surface area contributed by atoms with Crippen LogP contribution >= 0.6 is 0 Å². The van der Waals surface area contributed by atoms with Crippen LogP contribution in [0.1, 0.15) is 50.5 Å². The molecular weight excluding hydrogens is 849 g/mol. The summed E-state index contributed by atoms with van der Waals surface area (Å²) in [5.41, 5.74) is 7.57. The molecule has 2 heterocycles. The molecule has 8 aromatic rings. The van der Waals surface area contributed by atoms with Gasteiger partial charge in [-0.25, -0.2) is 26.3 Å². The maximum Gasteiger partial charge on any atom is 0.281 e. The summed E-state index contributed by atoms with van der Waals surface area (Å²) in [6.45, 7) is 0.737. The molecule has 0 spiro atoms. The smallest absolute Gasteiger partial charge is 0.281 e. The molecule has 0 aliphatic rings. The first-order valence-electron chi connectivity index (χ1n) is 20.8. The third kappa shape index (κ3) is 10.7. The third-order valence-corrected chi connectivity index (χ3v) is 12.5. The molecule has 8 rings (SSSR count). The Labute approximate surface area is 371 Å². The molecule has 2 amide bonds. The number of H-pyrrole nitrogens is 2. The first kappa shape index (κ1) is 43.5. The Kier molecular flexibility index (Phi) is 13.0. The normalized spacial score (nSPS) is 11.7.